The van der Waals surface area contributed by atoms with Crippen molar-refractivity contribution in [1.82, 2.24) is 0 Å². The van der Waals surface area contributed by atoms with Gasteiger partial charge in [-0.2, -0.15) is 0 Å². The zero-order valence-corrected chi connectivity index (χ0v) is 39.8. The van der Waals surface area contributed by atoms with Crippen LogP contribution < -0.4 is 14.3 Å². The molecule has 1 radical (unpaired) electrons. The standard InChI is InChI=1S/C62H37N2O2Se2/c67-56-23-12-21-51(59(56)38-14-4-1-5-15-38)63(43-16-6-2-7-17-43)45-28-26-39-34-49-47-30-31-53-61(62(47)66-54(49)36-41(39)32-45)50-35-40-27-29-46(33-42(40)37-55(50)65-53)64(44-18-8-3-9-19-44)52-22-13-25-58-60(52)48-20-10-11-24-57(48)68-58/h1-37H. The van der Waals surface area contributed by atoms with Gasteiger partial charge in [0.05, 0.1) is 0 Å². The average Bonchev–Trinajstić information content (AvgIpc) is 4.07. The van der Waals surface area contributed by atoms with E-state index in [2.05, 4.69) is 250 Å². The van der Waals surface area contributed by atoms with E-state index in [0.29, 0.717) is 0 Å². The number of anilines is 6. The van der Waals surface area contributed by atoms with Gasteiger partial charge in [0.1, 0.15) is 0 Å². The van der Waals surface area contributed by atoms with Crippen molar-refractivity contribution < 1.29 is 8.83 Å². The molecule has 0 bridgehead atoms. The molecular formula is C62H37N2O2Se2. The van der Waals surface area contributed by atoms with Crippen LogP contribution in [0.15, 0.2) is 233 Å². The van der Waals surface area contributed by atoms with Crippen molar-refractivity contribution in [3.05, 3.63) is 224 Å². The Balaban J connectivity index is 0.899. The van der Waals surface area contributed by atoms with Gasteiger partial charge in [-0.1, -0.05) is 0 Å². The van der Waals surface area contributed by atoms with Crippen LogP contribution in [0.3, 0.4) is 0 Å². The molecule has 14 aromatic rings. The molecule has 3 aromatic heterocycles. The van der Waals surface area contributed by atoms with Crippen LogP contribution in [-0.2, 0) is 0 Å². The molecule has 0 spiro atoms. The molecule has 0 saturated heterocycles. The van der Waals surface area contributed by atoms with Gasteiger partial charge in [0.25, 0.3) is 0 Å². The molecule has 14 rings (SSSR count). The molecule has 3 heterocycles. The van der Waals surface area contributed by atoms with Crippen molar-refractivity contribution in [3.8, 4) is 11.1 Å². The Labute approximate surface area is 405 Å². The van der Waals surface area contributed by atoms with E-state index in [9.17, 15) is 0 Å². The number of hydrogen-bond donors (Lipinski definition) is 0. The molecule has 11 aromatic carbocycles. The molecule has 0 unspecified atom stereocenters. The molecule has 6 heteroatoms. The summed E-state index contributed by atoms with van der Waals surface area (Å²) in [6, 6.07) is 80.8. The number of rotatable bonds is 7. The third-order valence-corrected chi connectivity index (χ3v) is 16.5. The second-order valence-corrected chi connectivity index (χ2v) is 20.6. The van der Waals surface area contributed by atoms with E-state index >= 15 is 0 Å². The third kappa shape index (κ3) is 6.27. The van der Waals surface area contributed by atoms with Gasteiger partial charge in [-0.25, -0.2) is 0 Å². The fraction of sp³-hybridized carbons (Fsp3) is 0. The van der Waals surface area contributed by atoms with Gasteiger partial charge in [-0.3, -0.25) is 0 Å². The second kappa shape index (κ2) is 15.6. The fourth-order valence-corrected chi connectivity index (χ4v) is 13.4. The molecule has 0 N–H and O–H groups in total. The summed E-state index contributed by atoms with van der Waals surface area (Å²) < 4.78 is 17.6. The molecule has 68 heavy (non-hydrogen) atoms. The zero-order chi connectivity index (χ0) is 44.9. The van der Waals surface area contributed by atoms with Crippen LogP contribution in [0, 0.1) is 0 Å². The van der Waals surface area contributed by atoms with E-state index in [1.807, 2.05) is 0 Å². The Morgan fingerprint density at radius 3 is 1.66 bits per heavy atom. The predicted molar refractivity (Wildman–Crippen MR) is 288 cm³/mol. The van der Waals surface area contributed by atoms with E-state index < -0.39 is 0 Å². The molecule has 4 nitrogen and oxygen atoms in total. The van der Waals surface area contributed by atoms with Crippen molar-refractivity contribution in [3.63, 3.8) is 0 Å². The number of hydrogen-bond acceptors (Lipinski definition) is 4. The molecule has 0 amide bonds. The van der Waals surface area contributed by atoms with Crippen LogP contribution in [0.5, 0.6) is 0 Å². The summed E-state index contributed by atoms with van der Waals surface area (Å²) in [7, 11) is 0. The summed E-state index contributed by atoms with van der Waals surface area (Å²) in [5, 5.41) is 11.4. The number of furan rings is 2. The van der Waals surface area contributed by atoms with Gasteiger partial charge in [0, 0.05) is 0 Å². The minimum absolute atomic E-state index is 0.266. The van der Waals surface area contributed by atoms with Crippen molar-refractivity contribution in [2.24, 2.45) is 0 Å². The van der Waals surface area contributed by atoms with Crippen LogP contribution in [0.25, 0.3) is 95.8 Å². The molecule has 0 atom stereocenters. The van der Waals surface area contributed by atoms with Crippen LogP contribution in [0.2, 0.25) is 0 Å². The Kier molecular flexibility index (Phi) is 9.05. The maximum atomic E-state index is 6.94. The fourth-order valence-electron chi connectivity index (χ4n) is 10.4. The monoisotopic (exact) mass is 1000 g/mol. The van der Waals surface area contributed by atoms with Gasteiger partial charge in [-0.15, -0.1) is 0 Å². The first-order valence-corrected chi connectivity index (χ1v) is 25.3. The third-order valence-electron chi connectivity index (χ3n) is 13.4. The topological polar surface area (TPSA) is 32.8 Å². The quantitative estimate of drug-likeness (QED) is 0.149. The van der Waals surface area contributed by atoms with Gasteiger partial charge < -0.3 is 0 Å². The van der Waals surface area contributed by atoms with Crippen LogP contribution in [-0.4, -0.2) is 30.5 Å². The van der Waals surface area contributed by atoms with Gasteiger partial charge in [0.2, 0.25) is 0 Å². The number of fused-ring (bicyclic) bond motifs is 12. The Morgan fingerprint density at radius 1 is 0.353 bits per heavy atom. The number of benzene rings is 11. The summed E-state index contributed by atoms with van der Waals surface area (Å²) in [5.74, 6) is 0. The minimum atomic E-state index is 0.266. The summed E-state index contributed by atoms with van der Waals surface area (Å²) in [6.07, 6.45) is 0. The molecule has 0 aliphatic rings. The first-order valence-electron chi connectivity index (χ1n) is 22.8. The Morgan fingerprint density at radius 2 is 0.941 bits per heavy atom. The van der Waals surface area contributed by atoms with E-state index in [-0.39, 0.29) is 14.5 Å². The van der Waals surface area contributed by atoms with Crippen molar-refractivity contribution in [2.75, 3.05) is 9.80 Å². The van der Waals surface area contributed by atoms with E-state index in [1.165, 1.54) is 25.0 Å². The van der Waals surface area contributed by atoms with E-state index in [4.69, 9.17) is 8.83 Å². The van der Waals surface area contributed by atoms with Crippen LogP contribution in [0.1, 0.15) is 0 Å². The van der Waals surface area contributed by atoms with Crippen LogP contribution >= 0.6 is 0 Å². The molecule has 0 fully saturated rings. The van der Waals surface area contributed by atoms with Crippen LogP contribution in [0.4, 0.5) is 34.1 Å². The van der Waals surface area contributed by atoms with Gasteiger partial charge in [-0.05, 0) is 0 Å². The first-order chi connectivity index (χ1) is 33.6. The summed E-state index contributed by atoms with van der Waals surface area (Å²) >= 11 is 3.61. The molecular weight excluding hydrogens is 963 g/mol. The van der Waals surface area contributed by atoms with Gasteiger partial charge in [0.15, 0.2) is 0 Å². The van der Waals surface area contributed by atoms with E-state index in [1.54, 1.807) is 0 Å². The van der Waals surface area contributed by atoms with Crippen molar-refractivity contribution >= 4 is 154 Å². The summed E-state index contributed by atoms with van der Waals surface area (Å²) in [5.41, 5.74) is 12.3. The second-order valence-electron chi connectivity index (χ2n) is 17.4. The summed E-state index contributed by atoms with van der Waals surface area (Å²) in [4.78, 5) is 4.76. The average molecular weight is 1000 g/mol. The van der Waals surface area contributed by atoms with Crippen molar-refractivity contribution in [2.45, 2.75) is 0 Å². The van der Waals surface area contributed by atoms with Gasteiger partial charge >= 0.3 is 408 Å². The number of para-hydroxylation sites is 2. The predicted octanol–water partition coefficient (Wildman–Crippen LogP) is 16.6. The Hall–Kier alpha value is -7.82. The molecule has 319 valence electrons. The number of nitrogens with zero attached hydrogens (tertiary/aromatic N) is 2. The Bertz CT molecular complexity index is 4290. The molecule has 0 aliphatic carbocycles. The molecule has 0 aliphatic heterocycles. The van der Waals surface area contributed by atoms with Crippen molar-refractivity contribution in [1.29, 1.82) is 0 Å². The maximum absolute atomic E-state index is 6.94. The summed E-state index contributed by atoms with van der Waals surface area (Å²) in [6.45, 7) is 0. The first kappa shape index (κ1) is 39.4. The molecule has 0 saturated carbocycles. The zero-order valence-electron chi connectivity index (χ0n) is 36.4. The SMILES string of the molecule is [Se]c1cccc(N(c2ccccc2)c2ccc3cc4c(cc3c2)oc2c4ccc3oc4cc5cc(N(c6ccccc6)c6cccc7[se]c8ccccc8c67)ccc5cc4c32)c1-c1ccccc1. The normalized spacial score (nSPS) is 11.9. The van der Waals surface area contributed by atoms with E-state index in [0.717, 1.165) is 109 Å².